The lowest BCUT2D eigenvalue weighted by Crippen LogP contribution is -2.14. The number of para-hydroxylation sites is 1. The smallest absolute Gasteiger partial charge is 0.119 e. The standard InChI is InChI=1S/C25H28O3/c1-3-20(17-21-9-12-22(26)13-10-21)11-14-25-24(15-16-27-25)19(2)18-28-23-7-5-4-6-8-23/h4-10,12-13,15,17,25-26H,2-3,11,14,16,18H2,1H3/b20-17+. The molecule has 0 saturated heterocycles. The van der Waals surface area contributed by atoms with E-state index in [1.807, 2.05) is 42.5 Å². The number of rotatable bonds is 9. The molecule has 28 heavy (non-hydrogen) atoms. The molecule has 1 heterocycles. The molecular formula is C25H28O3. The van der Waals surface area contributed by atoms with Crippen molar-refractivity contribution in [2.45, 2.75) is 32.3 Å². The Hall–Kier alpha value is -2.78. The topological polar surface area (TPSA) is 38.7 Å². The maximum Gasteiger partial charge on any atom is 0.119 e. The third kappa shape index (κ3) is 5.61. The van der Waals surface area contributed by atoms with Crippen molar-refractivity contribution in [3.05, 3.63) is 89.5 Å². The largest absolute Gasteiger partial charge is 0.508 e. The molecule has 1 aliphatic rings. The summed E-state index contributed by atoms with van der Waals surface area (Å²) in [5.41, 5.74) is 4.62. The van der Waals surface area contributed by atoms with Gasteiger partial charge in [0.15, 0.2) is 0 Å². The molecule has 2 aromatic carbocycles. The van der Waals surface area contributed by atoms with E-state index in [4.69, 9.17) is 9.47 Å². The Balaban J connectivity index is 1.55. The summed E-state index contributed by atoms with van der Waals surface area (Å²) in [4.78, 5) is 0. The number of ether oxygens (including phenoxy) is 2. The molecule has 0 amide bonds. The Morgan fingerprint density at radius 3 is 2.64 bits per heavy atom. The summed E-state index contributed by atoms with van der Waals surface area (Å²) >= 11 is 0. The van der Waals surface area contributed by atoms with E-state index in [0.717, 1.165) is 41.7 Å². The zero-order valence-electron chi connectivity index (χ0n) is 16.4. The minimum absolute atomic E-state index is 0.0710. The van der Waals surface area contributed by atoms with Crippen LogP contribution in [0.15, 0.2) is 84.0 Å². The number of phenols is 1. The van der Waals surface area contributed by atoms with Crippen molar-refractivity contribution < 1.29 is 14.6 Å². The molecular weight excluding hydrogens is 348 g/mol. The number of aromatic hydroxyl groups is 1. The van der Waals surface area contributed by atoms with Gasteiger partial charge in [-0.15, -0.1) is 0 Å². The van der Waals surface area contributed by atoms with Crippen LogP contribution in [0.25, 0.3) is 6.08 Å². The van der Waals surface area contributed by atoms with Crippen LogP contribution >= 0.6 is 0 Å². The summed E-state index contributed by atoms with van der Waals surface area (Å²) in [6, 6.07) is 17.1. The Morgan fingerprint density at radius 2 is 1.93 bits per heavy atom. The van der Waals surface area contributed by atoms with Gasteiger partial charge in [-0.3, -0.25) is 0 Å². The minimum atomic E-state index is 0.0710. The number of benzene rings is 2. The van der Waals surface area contributed by atoms with Crippen LogP contribution in [0, 0.1) is 0 Å². The van der Waals surface area contributed by atoms with Crippen molar-refractivity contribution in [1.82, 2.24) is 0 Å². The summed E-state index contributed by atoms with van der Waals surface area (Å²) in [6.07, 6.45) is 7.27. The molecule has 3 rings (SSSR count). The lowest BCUT2D eigenvalue weighted by molar-refractivity contribution is 0.116. The van der Waals surface area contributed by atoms with E-state index in [0.29, 0.717) is 19.0 Å². The first-order chi connectivity index (χ1) is 13.7. The van der Waals surface area contributed by atoms with Gasteiger partial charge in [-0.05, 0) is 60.2 Å². The zero-order valence-corrected chi connectivity index (χ0v) is 16.4. The van der Waals surface area contributed by atoms with Gasteiger partial charge >= 0.3 is 0 Å². The molecule has 1 N–H and O–H groups in total. The zero-order chi connectivity index (χ0) is 19.8. The van der Waals surface area contributed by atoms with Crippen molar-refractivity contribution in [3.63, 3.8) is 0 Å². The van der Waals surface area contributed by atoms with E-state index >= 15 is 0 Å². The van der Waals surface area contributed by atoms with Crippen LogP contribution in [0.4, 0.5) is 0 Å². The highest BCUT2D eigenvalue weighted by molar-refractivity contribution is 5.53. The van der Waals surface area contributed by atoms with Gasteiger partial charge in [-0.1, -0.05) is 61.6 Å². The molecule has 0 fully saturated rings. The monoisotopic (exact) mass is 376 g/mol. The van der Waals surface area contributed by atoms with Gasteiger partial charge in [0, 0.05) is 0 Å². The van der Waals surface area contributed by atoms with Crippen LogP contribution in [0.1, 0.15) is 31.7 Å². The summed E-state index contributed by atoms with van der Waals surface area (Å²) in [5, 5.41) is 9.43. The second kappa shape index (κ2) is 9.95. The minimum Gasteiger partial charge on any atom is -0.508 e. The van der Waals surface area contributed by atoms with Crippen molar-refractivity contribution in [1.29, 1.82) is 0 Å². The van der Waals surface area contributed by atoms with Crippen molar-refractivity contribution in [3.8, 4) is 11.5 Å². The van der Waals surface area contributed by atoms with Gasteiger partial charge in [0.2, 0.25) is 0 Å². The molecule has 1 aliphatic heterocycles. The molecule has 3 heteroatoms. The van der Waals surface area contributed by atoms with E-state index in [9.17, 15) is 5.11 Å². The average molecular weight is 376 g/mol. The quantitative estimate of drug-likeness (QED) is 0.590. The van der Waals surface area contributed by atoms with E-state index in [1.165, 1.54) is 5.57 Å². The first kappa shape index (κ1) is 20.0. The highest BCUT2D eigenvalue weighted by atomic mass is 16.5. The van der Waals surface area contributed by atoms with Crippen molar-refractivity contribution in [2.75, 3.05) is 13.2 Å². The normalized spacial score (nSPS) is 16.7. The van der Waals surface area contributed by atoms with Crippen LogP contribution in [-0.4, -0.2) is 24.4 Å². The molecule has 146 valence electrons. The first-order valence-corrected chi connectivity index (χ1v) is 9.82. The van der Waals surface area contributed by atoms with Gasteiger partial charge in [-0.25, -0.2) is 0 Å². The number of hydrogen-bond acceptors (Lipinski definition) is 3. The Kier molecular flexibility index (Phi) is 7.10. The fraction of sp³-hybridized carbons (Fsp3) is 0.280. The molecule has 3 nitrogen and oxygen atoms in total. The van der Waals surface area contributed by atoms with Crippen molar-refractivity contribution >= 4 is 6.08 Å². The third-order valence-electron chi connectivity index (χ3n) is 4.96. The number of allylic oxidation sites excluding steroid dienone is 1. The van der Waals surface area contributed by atoms with Crippen LogP contribution in [0.2, 0.25) is 0 Å². The second-order valence-electron chi connectivity index (χ2n) is 6.97. The fourth-order valence-corrected chi connectivity index (χ4v) is 3.33. The molecule has 0 saturated carbocycles. The second-order valence-corrected chi connectivity index (χ2v) is 6.97. The maximum atomic E-state index is 9.43. The lowest BCUT2D eigenvalue weighted by atomic mass is 9.96. The fourth-order valence-electron chi connectivity index (χ4n) is 3.33. The molecule has 0 aliphatic carbocycles. The predicted molar refractivity (Wildman–Crippen MR) is 115 cm³/mol. The summed E-state index contributed by atoms with van der Waals surface area (Å²) < 4.78 is 11.8. The number of hydrogen-bond donors (Lipinski definition) is 1. The maximum absolute atomic E-state index is 9.43. The molecule has 0 radical (unpaired) electrons. The van der Waals surface area contributed by atoms with Crippen LogP contribution < -0.4 is 4.74 Å². The summed E-state index contributed by atoms with van der Waals surface area (Å²) in [5.74, 6) is 1.14. The predicted octanol–water partition coefficient (Wildman–Crippen LogP) is 5.93. The summed E-state index contributed by atoms with van der Waals surface area (Å²) in [6.45, 7) is 7.49. The third-order valence-corrected chi connectivity index (χ3v) is 4.96. The highest BCUT2D eigenvalue weighted by Gasteiger charge is 2.22. The molecule has 0 bridgehead atoms. The number of phenolic OH excluding ortho intramolecular Hbond substituents is 1. The Bertz CT molecular complexity index is 832. The van der Waals surface area contributed by atoms with Crippen molar-refractivity contribution in [2.24, 2.45) is 0 Å². The van der Waals surface area contributed by atoms with Crippen LogP contribution in [0.5, 0.6) is 11.5 Å². The van der Waals surface area contributed by atoms with Crippen LogP contribution in [0.3, 0.4) is 0 Å². The average Bonchev–Trinajstić information content (AvgIpc) is 3.20. The Labute approximate surface area is 167 Å². The van der Waals surface area contributed by atoms with Gasteiger partial charge in [0.05, 0.1) is 12.7 Å². The van der Waals surface area contributed by atoms with Gasteiger partial charge in [0.1, 0.15) is 18.1 Å². The Morgan fingerprint density at radius 1 is 1.18 bits per heavy atom. The lowest BCUT2D eigenvalue weighted by Gasteiger charge is -2.18. The SMILES string of the molecule is C=C(COc1ccccc1)C1=CCOC1CC/C(=C/c1ccc(O)cc1)CC. The molecule has 2 aromatic rings. The van der Waals surface area contributed by atoms with E-state index in [1.54, 1.807) is 12.1 Å². The van der Waals surface area contributed by atoms with E-state index in [2.05, 4.69) is 25.7 Å². The summed E-state index contributed by atoms with van der Waals surface area (Å²) in [7, 11) is 0. The molecule has 0 aromatic heterocycles. The van der Waals surface area contributed by atoms with Gasteiger partial charge < -0.3 is 14.6 Å². The van der Waals surface area contributed by atoms with E-state index < -0.39 is 0 Å². The van der Waals surface area contributed by atoms with Gasteiger partial charge in [0.25, 0.3) is 0 Å². The first-order valence-electron chi connectivity index (χ1n) is 9.82. The highest BCUT2D eigenvalue weighted by Crippen LogP contribution is 2.28. The molecule has 1 unspecified atom stereocenters. The molecule has 0 spiro atoms. The molecule has 1 atom stereocenters. The van der Waals surface area contributed by atoms with Gasteiger partial charge in [-0.2, -0.15) is 0 Å². The van der Waals surface area contributed by atoms with E-state index in [-0.39, 0.29) is 6.10 Å². The van der Waals surface area contributed by atoms with Crippen LogP contribution in [-0.2, 0) is 4.74 Å².